The lowest BCUT2D eigenvalue weighted by atomic mass is 9.93. The van der Waals surface area contributed by atoms with Gasteiger partial charge in [0.05, 0.1) is 5.60 Å². The Bertz CT molecular complexity index is 166. The van der Waals surface area contributed by atoms with Gasteiger partial charge in [0.2, 0.25) is 0 Å². The summed E-state index contributed by atoms with van der Waals surface area (Å²) < 4.78 is 0. The Morgan fingerprint density at radius 3 is 2.29 bits per heavy atom. The van der Waals surface area contributed by atoms with Gasteiger partial charge < -0.3 is 15.3 Å². The third-order valence-electron chi connectivity index (χ3n) is 2.23. The zero-order valence-electron chi connectivity index (χ0n) is 8.70. The molecule has 0 amide bonds. The van der Waals surface area contributed by atoms with Crippen molar-refractivity contribution < 1.29 is 20.1 Å². The Hall–Kier alpha value is -0.610. The van der Waals surface area contributed by atoms with Crippen LogP contribution in [0.15, 0.2) is 0 Å². The smallest absolute Gasteiger partial charge is 0.303 e. The number of unbranched alkanes of at least 4 members (excludes halogenated alkanes) is 1. The molecule has 0 saturated carbocycles. The summed E-state index contributed by atoms with van der Waals surface area (Å²) in [7, 11) is 0. The van der Waals surface area contributed by atoms with E-state index in [0.29, 0.717) is 25.7 Å². The lowest BCUT2D eigenvalue weighted by Gasteiger charge is -2.22. The molecule has 0 aliphatic rings. The van der Waals surface area contributed by atoms with Gasteiger partial charge in [0, 0.05) is 13.0 Å². The zero-order chi connectivity index (χ0) is 11.0. The Kier molecular flexibility index (Phi) is 6.49. The van der Waals surface area contributed by atoms with E-state index in [1.165, 1.54) is 0 Å². The molecule has 3 N–H and O–H groups in total. The Balaban J connectivity index is 3.55. The van der Waals surface area contributed by atoms with Gasteiger partial charge in [0.15, 0.2) is 0 Å². The summed E-state index contributed by atoms with van der Waals surface area (Å²) in [5, 5.41) is 26.7. The molecule has 4 heteroatoms. The van der Waals surface area contributed by atoms with Crippen LogP contribution < -0.4 is 0 Å². The molecule has 0 spiro atoms. The predicted molar refractivity (Wildman–Crippen MR) is 53.0 cm³/mol. The third kappa shape index (κ3) is 8.01. The molecule has 1 atom stereocenters. The molecule has 0 aromatic heterocycles. The number of aliphatic hydroxyl groups excluding tert-OH is 1. The molecular weight excluding hydrogens is 184 g/mol. The summed E-state index contributed by atoms with van der Waals surface area (Å²) in [5.74, 6) is -0.823. The first-order valence-corrected chi connectivity index (χ1v) is 5.03. The number of carbonyl (C=O) groups is 1. The van der Waals surface area contributed by atoms with Gasteiger partial charge in [0.25, 0.3) is 0 Å². The van der Waals surface area contributed by atoms with Gasteiger partial charge in [-0.25, -0.2) is 0 Å². The molecule has 84 valence electrons. The number of aliphatic carboxylic acids is 1. The van der Waals surface area contributed by atoms with Crippen LogP contribution in [-0.2, 0) is 4.79 Å². The minimum Gasteiger partial charge on any atom is -0.481 e. The van der Waals surface area contributed by atoms with Crippen LogP contribution in [0.5, 0.6) is 0 Å². The molecule has 0 aromatic carbocycles. The van der Waals surface area contributed by atoms with E-state index in [4.69, 9.17) is 10.2 Å². The number of carboxylic acid groups (broad SMARTS) is 1. The van der Waals surface area contributed by atoms with Crippen LogP contribution >= 0.6 is 0 Å². The number of rotatable bonds is 8. The number of hydrogen-bond donors (Lipinski definition) is 3. The van der Waals surface area contributed by atoms with E-state index in [2.05, 4.69) is 0 Å². The molecule has 0 aliphatic heterocycles. The second-order valence-electron chi connectivity index (χ2n) is 3.92. The molecule has 0 fully saturated rings. The molecule has 0 radical (unpaired) electrons. The molecule has 0 rings (SSSR count). The molecule has 0 bridgehead atoms. The summed E-state index contributed by atoms with van der Waals surface area (Å²) >= 11 is 0. The van der Waals surface area contributed by atoms with E-state index < -0.39 is 11.6 Å². The molecule has 0 heterocycles. The van der Waals surface area contributed by atoms with Crippen molar-refractivity contribution in [2.45, 2.75) is 51.0 Å². The van der Waals surface area contributed by atoms with Crippen LogP contribution in [0, 0.1) is 0 Å². The molecular formula is C10H20O4. The summed E-state index contributed by atoms with van der Waals surface area (Å²) in [6.07, 6.45) is 3.20. The van der Waals surface area contributed by atoms with Crippen molar-refractivity contribution >= 4 is 5.97 Å². The van der Waals surface area contributed by atoms with Gasteiger partial charge in [-0.2, -0.15) is 0 Å². The summed E-state index contributed by atoms with van der Waals surface area (Å²) in [5.41, 5.74) is -0.787. The SMILES string of the molecule is CC(O)(CCCCO)CCCC(=O)O. The summed E-state index contributed by atoms with van der Waals surface area (Å²) in [6, 6.07) is 0. The minimum atomic E-state index is -0.823. The van der Waals surface area contributed by atoms with E-state index in [1.807, 2.05) is 0 Å². The molecule has 0 aliphatic carbocycles. The largest absolute Gasteiger partial charge is 0.481 e. The Morgan fingerprint density at radius 2 is 1.79 bits per heavy atom. The second kappa shape index (κ2) is 6.79. The summed E-state index contributed by atoms with van der Waals surface area (Å²) in [6.45, 7) is 1.86. The van der Waals surface area contributed by atoms with Gasteiger partial charge in [-0.05, 0) is 39.0 Å². The average Bonchev–Trinajstić information content (AvgIpc) is 2.03. The monoisotopic (exact) mass is 204 g/mol. The molecule has 14 heavy (non-hydrogen) atoms. The average molecular weight is 204 g/mol. The highest BCUT2D eigenvalue weighted by molar-refractivity contribution is 5.66. The van der Waals surface area contributed by atoms with Crippen molar-refractivity contribution in [3.63, 3.8) is 0 Å². The van der Waals surface area contributed by atoms with E-state index >= 15 is 0 Å². The van der Waals surface area contributed by atoms with Crippen molar-refractivity contribution in [1.29, 1.82) is 0 Å². The summed E-state index contributed by atoms with van der Waals surface area (Å²) in [4.78, 5) is 10.2. The van der Waals surface area contributed by atoms with Gasteiger partial charge in [-0.15, -0.1) is 0 Å². The van der Waals surface area contributed by atoms with Crippen LogP contribution in [0.1, 0.15) is 45.4 Å². The molecule has 0 saturated heterocycles. The lowest BCUT2D eigenvalue weighted by Crippen LogP contribution is -2.24. The molecule has 4 nitrogen and oxygen atoms in total. The third-order valence-corrected chi connectivity index (χ3v) is 2.23. The van der Waals surface area contributed by atoms with Crippen molar-refractivity contribution in [2.75, 3.05) is 6.61 Å². The first-order chi connectivity index (χ1) is 6.48. The Labute approximate surface area is 84.6 Å². The first-order valence-electron chi connectivity index (χ1n) is 5.03. The van der Waals surface area contributed by atoms with E-state index in [-0.39, 0.29) is 13.0 Å². The number of hydrogen-bond acceptors (Lipinski definition) is 3. The van der Waals surface area contributed by atoms with Crippen molar-refractivity contribution in [3.8, 4) is 0 Å². The highest BCUT2D eigenvalue weighted by Gasteiger charge is 2.19. The fraction of sp³-hybridized carbons (Fsp3) is 0.900. The number of aliphatic hydroxyl groups is 2. The molecule has 0 aromatic rings. The van der Waals surface area contributed by atoms with E-state index in [1.54, 1.807) is 6.92 Å². The maximum absolute atomic E-state index is 10.2. The van der Waals surface area contributed by atoms with Gasteiger partial charge >= 0.3 is 5.97 Å². The molecule has 1 unspecified atom stereocenters. The number of carboxylic acids is 1. The highest BCUT2D eigenvalue weighted by atomic mass is 16.4. The fourth-order valence-corrected chi connectivity index (χ4v) is 1.36. The van der Waals surface area contributed by atoms with Gasteiger partial charge in [-0.3, -0.25) is 4.79 Å². The van der Waals surface area contributed by atoms with E-state index in [0.717, 1.165) is 6.42 Å². The topological polar surface area (TPSA) is 77.8 Å². The van der Waals surface area contributed by atoms with Crippen LogP contribution in [0.4, 0.5) is 0 Å². The highest BCUT2D eigenvalue weighted by Crippen LogP contribution is 2.20. The minimum absolute atomic E-state index is 0.107. The van der Waals surface area contributed by atoms with E-state index in [9.17, 15) is 9.90 Å². The van der Waals surface area contributed by atoms with Crippen molar-refractivity contribution in [3.05, 3.63) is 0 Å². The standard InChI is InChI=1S/C10H20O4/c1-10(14,6-2-3-8-11)7-4-5-9(12)13/h11,14H,2-8H2,1H3,(H,12,13). The van der Waals surface area contributed by atoms with Crippen LogP contribution in [0.2, 0.25) is 0 Å². The van der Waals surface area contributed by atoms with Crippen molar-refractivity contribution in [1.82, 2.24) is 0 Å². The maximum atomic E-state index is 10.2. The Morgan fingerprint density at radius 1 is 1.21 bits per heavy atom. The van der Waals surface area contributed by atoms with Crippen molar-refractivity contribution in [2.24, 2.45) is 0 Å². The maximum Gasteiger partial charge on any atom is 0.303 e. The predicted octanol–water partition coefficient (Wildman–Crippen LogP) is 1.15. The van der Waals surface area contributed by atoms with Crippen LogP contribution in [0.25, 0.3) is 0 Å². The zero-order valence-corrected chi connectivity index (χ0v) is 8.70. The van der Waals surface area contributed by atoms with Crippen LogP contribution in [-0.4, -0.2) is 33.5 Å². The normalized spacial score (nSPS) is 15.1. The first kappa shape index (κ1) is 13.4. The quantitative estimate of drug-likeness (QED) is 0.518. The fourth-order valence-electron chi connectivity index (χ4n) is 1.36. The second-order valence-corrected chi connectivity index (χ2v) is 3.92. The lowest BCUT2D eigenvalue weighted by molar-refractivity contribution is -0.137. The van der Waals surface area contributed by atoms with Gasteiger partial charge in [-0.1, -0.05) is 0 Å². The van der Waals surface area contributed by atoms with Gasteiger partial charge in [0.1, 0.15) is 0 Å². The van der Waals surface area contributed by atoms with Crippen LogP contribution in [0.3, 0.4) is 0 Å².